The molecule has 0 aliphatic carbocycles. The zero-order chi connectivity index (χ0) is 19.9. The van der Waals surface area contributed by atoms with Crippen LogP contribution in [0.5, 0.6) is 0 Å². The third kappa shape index (κ3) is 4.50. The Kier molecular flexibility index (Phi) is 6.38. The lowest BCUT2D eigenvalue weighted by atomic mass is 9.79. The molecule has 0 radical (unpaired) electrons. The van der Waals surface area contributed by atoms with Crippen LogP contribution in [0.15, 0.2) is 12.1 Å². The highest BCUT2D eigenvalue weighted by Gasteiger charge is 2.36. The van der Waals surface area contributed by atoms with Gasteiger partial charge in [-0.2, -0.15) is 18.3 Å². The predicted octanol–water partition coefficient (Wildman–Crippen LogP) is 3.33. The number of piperidine rings is 2. The van der Waals surface area contributed by atoms with Gasteiger partial charge in [0.05, 0.1) is 0 Å². The zero-order valence-electron chi connectivity index (χ0n) is 16.2. The van der Waals surface area contributed by atoms with Crippen molar-refractivity contribution in [2.24, 2.45) is 11.8 Å². The molecule has 2 aromatic heterocycles. The molecule has 0 atom stereocenters. The molecule has 2 aliphatic heterocycles. The first-order valence-electron chi connectivity index (χ1n) is 9.77. The second-order valence-corrected chi connectivity index (χ2v) is 7.80. The van der Waals surface area contributed by atoms with E-state index >= 15 is 0 Å². The monoisotopic (exact) mass is 431 g/mol. The van der Waals surface area contributed by atoms with Crippen molar-refractivity contribution in [1.29, 1.82) is 0 Å². The van der Waals surface area contributed by atoms with Crippen LogP contribution in [0.2, 0.25) is 0 Å². The summed E-state index contributed by atoms with van der Waals surface area (Å²) in [6, 6.07) is 2.29. The van der Waals surface area contributed by atoms with E-state index in [0.29, 0.717) is 24.9 Å². The largest absolute Gasteiger partial charge is 0.433 e. The van der Waals surface area contributed by atoms with Crippen LogP contribution in [0.3, 0.4) is 0 Å². The molecule has 2 aliphatic rings. The molecule has 0 spiro atoms. The smallest absolute Gasteiger partial charge is 0.337 e. The quantitative estimate of drug-likeness (QED) is 0.792. The van der Waals surface area contributed by atoms with E-state index in [1.54, 1.807) is 4.90 Å². The number of rotatable bonds is 2. The highest BCUT2D eigenvalue weighted by Crippen LogP contribution is 2.32. The van der Waals surface area contributed by atoms with Gasteiger partial charge in [-0.05, 0) is 63.6 Å². The van der Waals surface area contributed by atoms with E-state index < -0.39 is 11.9 Å². The van der Waals surface area contributed by atoms with Crippen LogP contribution in [0, 0.1) is 18.8 Å². The first kappa shape index (κ1) is 21.8. The van der Waals surface area contributed by atoms with Crippen LogP contribution in [-0.4, -0.2) is 51.6 Å². The molecule has 4 heterocycles. The first-order chi connectivity index (χ1) is 13.3. The molecular weight excluding hydrogens is 407 g/mol. The Morgan fingerprint density at radius 3 is 2.34 bits per heavy atom. The lowest BCUT2D eigenvalue weighted by Gasteiger charge is -2.37. The molecule has 10 heteroatoms. The number of nitrogens with one attached hydrogen (secondary N) is 1. The standard InChI is InChI=1S/C19H24F3N5O.ClH/c1-12-10-16(19(20,21)22)27-17(24-12)11-15(25-27)18(28)26-8-4-14(5-9-26)13-2-6-23-7-3-13;/h10-11,13-14,23H,2-9H2,1H3;1H. The number of aryl methyl sites for hydroxylation is 1. The third-order valence-electron chi connectivity index (χ3n) is 5.94. The summed E-state index contributed by atoms with van der Waals surface area (Å²) in [5.74, 6) is 1.00. The van der Waals surface area contributed by atoms with Crippen molar-refractivity contribution in [1.82, 2.24) is 24.8 Å². The van der Waals surface area contributed by atoms with E-state index in [2.05, 4.69) is 15.4 Å². The maximum atomic E-state index is 13.3. The molecule has 0 aromatic carbocycles. The van der Waals surface area contributed by atoms with Gasteiger partial charge in [0.2, 0.25) is 0 Å². The van der Waals surface area contributed by atoms with Gasteiger partial charge >= 0.3 is 6.18 Å². The second-order valence-electron chi connectivity index (χ2n) is 7.80. The molecule has 0 bridgehead atoms. The summed E-state index contributed by atoms with van der Waals surface area (Å²) < 4.78 is 40.6. The average molecular weight is 432 g/mol. The number of halogens is 4. The molecule has 2 fully saturated rings. The number of likely N-dealkylation sites (tertiary alicyclic amines) is 1. The van der Waals surface area contributed by atoms with Gasteiger partial charge in [-0.1, -0.05) is 0 Å². The minimum Gasteiger partial charge on any atom is -0.337 e. The molecule has 2 aromatic rings. The maximum absolute atomic E-state index is 13.3. The fourth-order valence-corrected chi connectivity index (χ4v) is 4.46. The van der Waals surface area contributed by atoms with Crippen LogP contribution in [0.4, 0.5) is 13.2 Å². The summed E-state index contributed by atoms with van der Waals surface area (Å²) in [5, 5.41) is 7.31. The lowest BCUT2D eigenvalue weighted by Crippen LogP contribution is -2.42. The van der Waals surface area contributed by atoms with Crippen molar-refractivity contribution < 1.29 is 18.0 Å². The van der Waals surface area contributed by atoms with E-state index in [1.807, 2.05) is 0 Å². The molecule has 1 amide bonds. The number of aromatic nitrogens is 3. The number of fused-ring (bicyclic) bond motifs is 1. The Balaban J connectivity index is 0.00000240. The van der Waals surface area contributed by atoms with Gasteiger partial charge < -0.3 is 10.2 Å². The summed E-state index contributed by atoms with van der Waals surface area (Å²) in [4.78, 5) is 18.6. The van der Waals surface area contributed by atoms with Gasteiger partial charge in [0.15, 0.2) is 11.3 Å². The number of carbonyl (C=O) groups is 1. The van der Waals surface area contributed by atoms with Crippen molar-refractivity contribution in [3.63, 3.8) is 0 Å². The van der Waals surface area contributed by atoms with Crippen molar-refractivity contribution in [2.75, 3.05) is 26.2 Å². The summed E-state index contributed by atoms with van der Waals surface area (Å²) in [5.41, 5.74) is -0.621. The fraction of sp³-hybridized carbons (Fsp3) is 0.632. The average Bonchev–Trinajstić information content (AvgIpc) is 3.10. The van der Waals surface area contributed by atoms with Gasteiger partial charge in [-0.15, -0.1) is 12.4 Å². The third-order valence-corrected chi connectivity index (χ3v) is 5.94. The number of hydrogen-bond donors (Lipinski definition) is 1. The minimum absolute atomic E-state index is 0. The molecule has 29 heavy (non-hydrogen) atoms. The van der Waals surface area contributed by atoms with Crippen LogP contribution in [0.1, 0.15) is 47.6 Å². The lowest BCUT2D eigenvalue weighted by molar-refractivity contribution is -0.142. The molecule has 2 saturated heterocycles. The molecule has 6 nitrogen and oxygen atoms in total. The number of nitrogens with zero attached hydrogens (tertiary/aromatic N) is 4. The molecule has 0 unspecified atom stereocenters. The second kappa shape index (κ2) is 8.47. The first-order valence-corrected chi connectivity index (χ1v) is 9.77. The van der Waals surface area contributed by atoms with Gasteiger partial charge in [-0.3, -0.25) is 4.79 Å². The number of carbonyl (C=O) groups excluding carboxylic acids is 1. The van der Waals surface area contributed by atoms with Crippen molar-refractivity contribution in [3.8, 4) is 0 Å². The molecule has 1 N–H and O–H groups in total. The molecule has 0 saturated carbocycles. The Morgan fingerprint density at radius 2 is 1.72 bits per heavy atom. The van der Waals surface area contributed by atoms with E-state index in [4.69, 9.17) is 0 Å². The van der Waals surface area contributed by atoms with Gasteiger partial charge in [-0.25, -0.2) is 9.50 Å². The van der Waals surface area contributed by atoms with Crippen LogP contribution in [-0.2, 0) is 6.18 Å². The Morgan fingerprint density at radius 1 is 1.10 bits per heavy atom. The van der Waals surface area contributed by atoms with Crippen LogP contribution >= 0.6 is 12.4 Å². The normalized spacial score (nSPS) is 19.4. The molecule has 160 valence electrons. The summed E-state index contributed by atoms with van der Waals surface area (Å²) in [7, 11) is 0. The van der Waals surface area contributed by atoms with E-state index in [9.17, 15) is 18.0 Å². The minimum atomic E-state index is -4.56. The SMILES string of the molecule is Cc1cc(C(F)(F)F)n2nc(C(=O)N3CCC(C4CCNCC4)CC3)cc2n1.Cl. The molecular formula is C19H25ClF3N5O. The van der Waals surface area contributed by atoms with Crippen molar-refractivity contribution in [2.45, 2.75) is 38.8 Å². The zero-order valence-corrected chi connectivity index (χ0v) is 17.0. The fourth-order valence-electron chi connectivity index (χ4n) is 4.46. The van der Waals surface area contributed by atoms with Gasteiger partial charge in [0, 0.05) is 24.8 Å². The molecule has 4 rings (SSSR count). The summed E-state index contributed by atoms with van der Waals surface area (Å²) in [6.07, 6.45) is -0.331. The summed E-state index contributed by atoms with van der Waals surface area (Å²) >= 11 is 0. The van der Waals surface area contributed by atoms with Gasteiger partial charge in [0.1, 0.15) is 5.69 Å². The van der Waals surface area contributed by atoms with Crippen LogP contribution < -0.4 is 5.32 Å². The highest BCUT2D eigenvalue weighted by atomic mass is 35.5. The highest BCUT2D eigenvalue weighted by molar-refractivity contribution is 5.93. The summed E-state index contributed by atoms with van der Waals surface area (Å²) in [6.45, 7) is 4.85. The Hall–Kier alpha value is -1.87. The topological polar surface area (TPSA) is 62.5 Å². The van der Waals surface area contributed by atoms with Crippen LogP contribution in [0.25, 0.3) is 5.65 Å². The van der Waals surface area contributed by atoms with E-state index in [0.717, 1.165) is 36.5 Å². The van der Waals surface area contributed by atoms with E-state index in [-0.39, 0.29) is 35.3 Å². The predicted molar refractivity (Wildman–Crippen MR) is 104 cm³/mol. The van der Waals surface area contributed by atoms with Gasteiger partial charge in [0.25, 0.3) is 5.91 Å². The van der Waals surface area contributed by atoms with Crippen molar-refractivity contribution >= 4 is 24.0 Å². The number of hydrogen-bond acceptors (Lipinski definition) is 4. The maximum Gasteiger partial charge on any atom is 0.433 e. The Bertz CT molecular complexity index is 871. The van der Waals surface area contributed by atoms with E-state index in [1.165, 1.54) is 25.8 Å². The number of alkyl halides is 3. The van der Waals surface area contributed by atoms with Crippen molar-refractivity contribution in [3.05, 3.63) is 29.2 Å². The Labute approximate surface area is 173 Å². The number of amides is 1.